The number of ether oxygens (including phenoxy) is 1. The predicted molar refractivity (Wildman–Crippen MR) is 84.4 cm³/mol. The van der Waals surface area contributed by atoms with E-state index < -0.39 is 15.6 Å². The average molecular weight is 353 g/mol. The molecule has 1 aromatic rings. The first kappa shape index (κ1) is 17.0. The molecule has 0 aliphatic carbocycles. The third-order valence-electron chi connectivity index (χ3n) is 3.43. The Balaban J connectivity index is 2.35. The predicted octanol–water partition coefficient (Wildman–Crippen LogP) is 1.75. The molecule has 1 atom stereocenters. The number of sulfonamides is 1. The van der Waals surface area contributed by atoms with Gasteiger partial charge in [-0.05, 0) is 30.7 Å². The minimum Gasteiger partial charge on any atom is -0.368 e. The Labute approximate surface area is 135 Å². The molecule has 8 heteroatoms. The molecule has 5 nitrogen and oxygen atoms in total. The van der Waals surface area contributed by atoms with E-state index in [1.807, 2.05) is 6.07 Å². The summed E-state index contributed by atoms with van der Waals surface area (Å²) in [5.74, 6) is 0. The SMILES string of the molecule is CS(=O)(=O)NC[C@]1(c2ccc(Cl)c(Cl)c2)CCNCCO1. The van der Waals surface area contributed by atoms with Crippen LogP contribution in [-0.2, 0) is 20.4 Å². The molecule has 2 N–H and O–H groups in total. The first-order valence-electron chi connectivity index (χ1n) is 6.57. The highest BCUT2D eigenvalue weighted by Gasteiger charge is 2.35. The summed E-state index contributed by atoms with van der Waals surface area (Å²) in [5.41, 5.74) is 0.0672. The van der Waals surface area contributed by atoms with E-state index in [0.29, 0.717) is 23.1 Å². The van der Waals surface area contributed by atoms with Gasteiger partial charge < -0.3 is 10.1 Å². The van der Waals surface area contributed by atoms with Gasteiger partial charge in [0.2, 0.25) is 10.0 Å². The second-order valence-corrected chi connectivity index (χ2v) is 7.71. The Kier molecular flexibility index (Phi) is 5.51. The first-order valence-corrected chi connectivity index (χ1v) is 9.22. The molecular formula is C13H18Cl2N2O3S. The number of rotatable bonds is 4. The number of hydrogen-bond donors (Lipinski definition) is 2. The minimum atomic E-state index is -3.31. The molecule has 1 aromatic carbocycles. The van der Waals surface area contributed by atoms with Gasteiger partial charge in [0.1, 0.15) is 5.60 Å². The standard InChI is InChI=1S/C13H18Cl2N2O3S/c1-21(18,19)17-9-13(4-5-16-6-7-20-13)10-2-3-11(14)12(15)8-10/h2-3,8,16-17H,4-7,9H2,1H3/t13-/m0/s1. The van der Waals surface area contributed by atoms with Gasteiger partial charge in [-0.3, -0.25) is 0 Å². The van der Waals surface area contributed by atoms with Crippen molar-refractivity contribution in [2.24, 2.45) is 0 Å². The number of benzene rings is 1. The monoisotopic (exact) mass is 352 g/mol. The number of halogens is 2. The number of nitrogens with one attached hydrogen (secondary N) is 2. The van der Waals surface area contributed by atoms with Gasteiger partial charge in [0, 0.05) is 13.1 Å². The molecule has 1 heterocycles. The van der Waals surface area contributed by atoms with Gasteiger partial charge in [-0.25, -0.2) is 13.1 Å². The van der Waals surface area contributed by atoms with Gasteiger partial charge in [0.05, 0.1) is 22.9 Å². The molecule has 2 rings (SSSR count). The minimum absolute atomic E-state index is 0.158. The molecule has 0 unspecified atom stereocenters. The van der Waals surface area contributed by atoms with Crippen molar-refractivity contribution in [3.8, 4) is 0 Å². The van der Waals surface area contributed by atoms with Gasteiger partial charge in [-0.1, -0.05) is 29.3 Å². The van der Waals surface area contributed by atoms with Crippen LogP contribution in [0.15, 0.2) is 18.2 Å². The summed E-state index contributed by atoms with van der Waals surface area (Å²) >= 11 is 12.0. The van der Waals surface area contributed by atoms with Crippen LogP contribution in [0.3, 0.4) is 0 Å². The highest BCUT2D eigenvalue weighted by molar-refractivity contribution is 7.88. The molecule has 1 aliphatic rings. The van der Waals surface area contributed by atoms with Crippen molar-refractivity contribution in [1.82, 2.24) is 10.0 Å². The van der Waals surface area contributed by atoms with E-state index in [9.17, 15) is 8.42 Å². The molecule has 1 saturated heterocycles. The van der Waals surface area contributed by atoms with E-state index in [0.717, 1.165) is 24.9 Å². The van der Waals surface area contributed by atoms with Gasteiger partial charge in [-0.15, -0.1) is 0 Å². The van der Waals surface area contributed by atoms with E-state index in [2.05, 4.69) is 10.0 Å². The topological polar surface area (TPSA) is 67.4 Å². The van der Waals surface area contributed by atoms with E-state index >= 15 is 0 Å². The Morgan fingerprint density at radius 2 is 2.10 bits per heavy atom. The molecule has 1 fully saturated rings. The Morgan fingerprint density at radius 3 is 2.76 bits per heavy atom. The zero-order chi connectivity index (χ0) is 15.5. The van der Waals surface area contributed by atoms with Crippen molar-refractivity contribution in [3.05, 3.63) is 33.8 Å². The fourth-order valence-electron chi connectivity index (χ4n) is 2.30. The Hall–Kier alpha value is -0.370. The quantitative estimate of drug-likeness (QED) is 0.866. The van der Waals surface area contributed by atoms with Crippen molar-refractivity contribution >= 4 is 33.2 Å². The summed E-state index contributed by atoms with van der Waals surface area (Å²) in [5, 5.41) is 4.12. The smallest absolute Gasteiger partial charge is 0.208 e. The van der Waals surface area contributed by atoms with E-state index in [4.69, 9.17) is 27.9 Å². The van der Waals surface area contributed by atoms with Crippen LogP contribution >= 0.6 is 23.2 Å². The van der Waals surface area contributed by atoms with Crippen molar-refractivity contribution in [3.63, 3.8) is 0 Å². The summed E-state index contributed by atoms with van der Waals surface area (Å²) in [7, 11) is -3.31. The lowest BCUT2D eigenvalue weighted by molar-refractivity contribution is -0.0381. The summed E-state index contributed by atoms with van der Waals surface area (Å²) in [6, 6.07) is 5.26. The van der Waals surface area contributed by atoms with Crippen molar-refractivity contribution < 1.29 is 13.2 Å². The molecule has 0 radical (unpaired) electrons. The lowest BCUT2D eigenvalue weighted by Crippen LogP contribution is -2.43. The van der Waals surface area contributed by atoms with Gasteiger partial charge in [0.15, 0.2) is 0 Å². The van der Waals surface area contributed by atoms with E-state index in [1.54, 1.807) is 12.1 Å². The first-order chi connectivity index (χ1) is 9.82. The van der Waals surface area contributed by atoms with Crippen LogP contribution in [0, 0.1) is 0 Å². The largest absolute Gasteiger partial charge is 0.368 e. The van der Waals surface area contributed by atoms with Gasteiger partial charge >= 0.3 is 0 Å². The summed E-state index contributed by atoms with van der Waals surface area (Å²) in [6.45, 7) is 2.10. The fraction of sp³-hybridized carbons (Fsp3) is 0.538. The molecule has 21 heavy (non-hydrogen) atoms. The van der Waals surface area contributed by atoms with Gasteiger partial charge in [-0.2, -0.15) is 0 Å². The summed E-state index contributed by atoms with van der Waals surface area (Å²) in [4.78, 5) is 0. The van der Waals surface area contributed by atoms with Crippen molar-refractivity contribution in [2.45, 2.75) is 12.0 Å². The normalized spacial score (nSPS) is 23.8. The lowest BCUT2D eigenvalue weighted by atomic mass is 9.90. The molecule has 0 bridgehead atoms. The summed E-state index contributed by atoms with van der Waals surface area (Å²) in [6.07, 6.45) is 1.76. The fourth-order valence-corrected chi connectivity index (χ4v) is 3.10. The molecule has 0 saturated carbocycles. The zero-order valence-electron chi connectivity index (χ0n) is 11.7. The highest BCUT2D eigenvalue weighted by Crippen LogP contribution is 2.34. The maximum atomic E-state index is 11.4. The highest BCUT2D eigenvalue weighted by atomic mass is 35.5. The van der Waals surface area contributed by atoms with Crippen LogP contribution in [0.5, 0.6) is 0 Å². The Morgan fingerprint density at radius 1 is 1.33 bits per heavy atom. The van der Waals surface area contributed by atoms with Crippen LogP contribution < -0.4 is 10.0 Å². The van der Waals surface area contributed by atoms with Crippen molar-refractivity contribution in [2.75, 3.05) is 32.5 Å². The molecule has 1 aliphatic heterocycles. The second-order valence-electron chi connectivity index (χ2n) is 5.06. The molecule has 0 aromatic heterocycles. The Bertz CT molecular complexity index is 599. The number of hydrogen-bond acceptors (Lipinski definition) is 4. The molecule has 118 valence electrons. The van der Waals surface area contributed by atoms with Crippen LogP contribution in [0.2, 0.25) is 10.0 Å². The van der Waals surface area contributed by atoms with Crippen molar-refractivity contribution in [1.29, 1.82) is 0 Å². The van der Waals surface area contributed by atoms with E-state index in [1.165, 1.54) is 0 Å². The average Bonchev–Trinajstić information content (AvgIpc) is 2.65. The molecular weight excluding hydrogens is 335 g/mol. The second kappa shape index (κ2) is 6.81. The maximum Gasteiger partial charge on any atom is 0.208 e. The molecule has 0 spiro atoms. The van der Waals surface area contributed by atoms with Crippen LogP contribution in [0.1, 0.15) is 12.0 Å². The van der Waals surface area contributed by atoms with Crippen LogP contribution in [0.4, 0.5) is 0 Å². The van der Waals surface area contributed by atoms with Crippen LogP contribution in [0.25, 0.3) is 0 Å². The third kappa shape index (κ3) is 4.55. The van der Waals surface area contributed by atoms with Crippen LogP contribution in [-0.4, -0.2) is 40.9 Å². The lowest BCUT2D eigenvalue weighted by Gasteiger charge is -2.33. The maximum absolute atomic E-state index is 11.4. The molecule has 0 amide bonds. The van der Waals surface area contributed by atoms with Gasteiger partial charge in [0.25, 0.3) is 0 Å². The zero-order valence-corrected chi connectivity index (χ0v) is 14.0. The third-order valence-corrected chi connectivity index (χ3v) is 4.84. The summed E-state index contributed by atoms with van der Waals surface area (Å²) < 4.78 is 31.4. The van der Waals surface area contributed by atoms with E-state index in [-0.39, 0.29) is 6.54 Å².